The fourth-order valence-corrected chi connectivity index (χ4v) is 4.65. The maximum Gasteiger partial charge on any atom is 0.151 e. The van der Waals surface area contributed by atoms with Crippen molar-refractivity contribution in [1.82, 2.24) is 29.5 Å². The zero-order valence-electron chi connectivity index (χ0n) is 22.3. The van der Waals surface area contributed by atoms with Gasteiger partial charge in [0.25, 0.3) is 0 Å². The second-order valence-corrected chi connectivity index (χ2v) is 9.40. The molecular formula is C27H34N8O3. The van der Waals surface area contributed by atoms with Gasteiger partial charge in [-0.25, -0.2) is 15.0 Å². The summed E-state index contributed by atoms with van der Waals surface area (Å²) >= 11 is 0. The van der Waals surface area contributed by atoms with E-state index in [1.165, 1.54) is 0 Å². The lowest BCUT2D eigenvalue weighted by Gasteiger charge is -2.26. The van der Waals surface area contributed by atoms with Crippen molar-refractivity contribution < 1.29 is 14.2 Å². The summed E-state index contributed by atoms with van der Waals surface area (Å²) in [6.45, 7) is 7.87. The van der Waals surface area contributed by atoms with Gasteiger partial charge >= 0.3 is 0 Å². The van der Waals surface area contributed by atoms with Crippen molar-refractivity contribution in [3.63, 3.8) is 0 Å². The summed E-state index contributed by atoms with van der Waals surface area (Å²) in [5.41, 5.74) is 11.9. The maximum absolute atomic E-state index is 6.31. The van der Waals surface area contributed by atoms with E-state index in [2.05, 4.69) is 21.9 Å². The largest absolute Gasteiger partial charge is 0.497 e. The van der Waals surface area contributed by atoms with Crippen LogP contribution in [-0.4, -0.2) is 95.9 Å². The van der Waals surface area contributed by atoms with E-state index in [0.717, 1.165) is 61.9 Å². The molecular weight excluding hydrogens is 484 g/mol. The van der Waals surface area contributed by atoms with Crippen LogP contribution in [-0.2, 0) is 11.3 Å². The normalized spacial score (nSPS) is 16.3. The van der Waals surface area contributed by atoms with E-state index in [9.17, 15) is 0 Å². The van der Waals surface area contributed by atoms with Crippen LogP contribution in [0.5, 0.6) is 11.5 Å². The van der Waals surface area contributed by atoms with E-state index in [1.54, 1.807) is 20.4 Å². The average molecular weight is 519 g/mol. The predicted molar refractivity (Wildman–Crippen MR) is 146 cm³/mol. The third-order valence-corrected chi connectivity index (χ3v) is 6.84. The van der Waals surface area contributed by atoms with Crippen LogP contribution >= 0.6 is 0 Å². The molecule has 1 aromatic carbocycles. The van der Waals surface area contributed by atoms with Gasteiger partial charge in [-0.3, -0.25) is 9.58 Å². The smallest absolute Gasteiger partial charge is 0.151 e. The van der Waals surface area contributed by atoms with E-state index in [-0.39, 0.29) is 0 Å². The lowest BCUT2D eigenvalue weighted by Crippen LogP contribution is -2.38. The zero-order valence-corrected chi connectivity index (χ0v) is 22.3. The van der Waals surface area contributed by atoms with Crippen molar-refractivity contribution in [3.8, 4) is 22.8 Å². The first-order valence-corrected chi connectivity index (χ1v) is 12.6. The predicted octanol–water partition coefficient (Wildman–Crippen LogP) is 2.31. The molecule has 2 aliphatic heterocycles. The van der Waals surface area contributed by atoms with Crippen molar-refractivity contribution in [2.45, 2.75) is 13.5 Å². The number of nitrogens with zero attached hydrogens (tertiary/aromatic N) is 7. The molecule has 1 saturated heterocycles. The Morgan fingerprint density at radius 1 is 1.03 bits per heavy atom. The number of hydrogen-bond donors (Lipinski definition) is 1. The number of aromatic nitrogens is 4. The highest BCUT2D eigenvalue weighted by Gasteiger charge is 2.21. The minimum Gasteiger partial charge on any atom is -0.497 e. The van der Waals surface area contributed by atoms with E-state index in [1.807, 2.05) is 47.2 Å². The van der Waals surface area contributed by atoms with Gasteiger partial charge in [-0.1, -0.05) is 0 Å². The minimum absolute atomic E-state index is 0.319. The summed E-state index contributed by atoms with van der Waals surface area (Å²) in [7, 11) is 5.25. The second-order valence-electron chi connectivity index (χ2n) is 9.40. The highest BCUT2D eigenvalue weighted by molar-refractivity contribution is 6.06. The van der Waals surface area contributed by atoms with Crippen LogP contribution in [0.1, 0.15) is 17.0 Å². The van der Waals surface area contributed by atoms with Crippen LogP contribution in [0.15, 0.2) is 41.8 Å². The Morgan fingerprint density at radius 3 is 2.47 bits per heavy atom. The molecule has 200 valence electrons. The van der Waals surface area contributed by atoms with Gasteiger partial charge in [-0.2, -0.15) is 5.10 Å². The summed E-state index contributed by atoms with van der Waals surface area (Å²) < 4.78 is 18.4. The third-order valence-electron chi connectivity index (χ3n) is 6.84. The van der Waals surface area contributed by atoms with Gasteiger partial charge in [0.15, 0.2) is 5.82 Å². The van der Waals surface area contributed by atoms with Gasteiger partial charge in [0.1, 0.15) is 22.9 Å². The Labute approximate surface area is 222 Å². The molecule has 5 rings (SSSR count). The molecule has 0 unspecified atom stereocenters. The molecule has 1 fully saturated rings. The number of aliphatic imine (C=N–C) groups is 1. The molecule has 0 atom stereocenters. The maximum atomic E-state index is 6.31. The fraction of sp³-hybridized carbons (Fsp3) is 0.407. The Kier molecular flexibility index (Phi) is 7.57. The standard InChI is InChI=1S/C27H34N8O3/c1-18-22(14-30-35(18)6-5-34-7-9-38-10-8-34)23-15-29-27(28)26(32-23)25-17-33(2)16-24(31-25)19-11-20(36-3)13-21(12-19)37-4/h11-15,17H,5-10,16H2,1-4H3,(H2,28,29). The van der Waals surface area contributed by atoms with Gasteiger partial charge in [-0.15, -0.1) is 0 Å². The van der Waals surface area contributed by atoms with Crippen molar-refractivity contribution in [1.29, 1.82) is 0 Å². The van der Waals surface area contributed by atoms with Crippen molar-refractivity contribution in [2.75, 3.05) is 66.4 Å². The van der Waals surface area contributed by atoms with Crippen molar-refractivity contribution in [3.05, 3.63) is 53.7 Å². The highest BCUT2D eigenvalue weighted by atomic mass is 16.5. The SMILES string of the molecule is COc1cc(OC)cc(C2=NC(c3nc(-c4cnn(CCN5CCOCC5)c4C)cnc3N)=CN(C)C2)c1. The minimum atomic E-state index is 0.319. The van der Waals surface area contributed by atoms with Crippen LogP contribution < -0.4 is 15.2 Å². The monoisotopic (exact) mass is 518 g/mol. The van der Waals surface area contributed by atoms with Crippen LogP contribution in [0.4, 0.5) is 5.82 Å². The molecule has 0 saturated carbocycles. The molecule has 0 bridgehead atoms. The first-order valence-electron chi connectivity index (χ1n) is 12.6. The molecule has 0 amide bonds. The quantitative estimate of drug-likeness (QED) is 0.479. The van der Waals surface area contributed by atoms with E-state index in [4.69, 9.17) is 29.9 Å². The molecule has 2 aliphatic rings. The number of hydrogen-bond acceptors (Lipinski definition) is 10. The molecule has 3 aromatic rings. The number of methoxy groups -OCH3 is 2. The van der Waals surface area contributed by atoms with E-state index < -0.39 is 0 Å². The molecule has 38 heavy (non-hydrogen) atoms. The van der Waals surface area contributed by atoms with Crippen LogP contribution in [0.2, 0.25) is 0 Å². The zero-order chi connectivity index (χ0) is 26.6. The summed E-state index contributed by atoms with van der Waals surface area (Å²) in [5.74, 6) is 1.71. The molecule has 2 aromatic heterocycles. The Morgan fingerprint density at radius 2 is 1.76 bits per heavy atom. The number of morpholine rings is 1. The molecule has 0 aliphatic carbocycles. The van der Waals surface area contributed by atoms with Gasteiger partial charge in [0.05, 0.1) is 64.3 Å². The Hall–Kier alpha value is -3.96. The van der Waals surface area contributed by atoms with Crippen LogP contribution in [0, 0.1) is 6.92 Å². The summed E-state index contributed by atoms with van der Waals surface area (Å²) in [6, 6.07) is 5.72. The van der Waals surface area contributed by atoms with E-state index >= 15 is 0 Å². The summed E-state index contributed by atoms with van der Waals surface area (Å²) in [5, 5.41) is 4.62. The Balaban J connectivity index is 1.43. The number of nitrogen functional groups attached to an aromatic ring is 1. The molecule has 4 heterocycles. The lowest BCUT2D eigenvalue weighted by molar-refractivity contribution is 0.0359. The number of likely N-dealkylation sites (N-methyl/N-ethyl adjacent to an activating group) is 1. The number of anilines is 1. The summed E-state index contributed by atoms with van der Waals surface area (Å²) in [6.07, 6.45) is 5.47. The number of nitrogens with two attached hydrogens (primary N) is 1. The summed E-state index contributed by atoms with van der Waals surface area (Å²) in [4.78, 5) is 18.7. The number of rotatable bonds is 8. The van der Waals surface area contributed by atoms with Gasteiger partial charge in [-0.05, 0) is 19.1 Å². The highest BCUT2D eigenvalue weighted by Crippen LogP contribution is 2.30. The third kappa shape index (κ3) is 5.48. The first kappa shape index (κ1) is 25.7. The van der Waals surface area contributed by atoms with Gasteiger partial charge in [0, 0.05) is 55.8 Å². The Bertz CT molecular complexity index is 1340. The topological polar surface area (TPSA) is 116 Å². The van der Waals surface area contributed by atoms with Gasteiger partial charge < -0.3 is 24.8 Å². The number of benzene rings is 1. The average Bonchev–Trinajstić information content (AvgIpc) is 3.32. The molecule has 0 spiro atoms. The first-order chi connectivity index (χ1) is 18.4. The molecule has 2 N–H and O–H groups in total. The van der Waals surface area contributed by atoms with Gasteiger partial charge in [0.2, 0.25) is 0 Å². The van der Waals surface area contributed by atoms with E-state index in [0.29, 0.717) is 40.9 Å². The molecule has 0 radical (unpaired) electrons. The fourth-order valence-electron chi connectivity index (χ4n) is 4.65. The molecule has 11 nitrogen and oxygen atoms in total. The number of ether oxygens (including phenoxy) is 3. The lowest BCUT2D eigenvalue weighted by atomic mass is 10.1. The second kappa shape index (κ2) is 11.2. The van der Waals surface area contributed by atoms with Crippen LogP contribution in [0.3, 0.4) is 0 Å². The van der Waals surface area contributed by atoms with Crippen molar-refractivity contribution in [2.24, 2.45) is 4.99 Å². The molecule has 11 heteroatoms. The van der Waals surface area contributed by atoms with Crippen LogP contribution in [0.25, 0.3) is 17.0 Å². The van der Waals surface area contributed by atoms with Crippen molar-refractivity contribution >= 4 is 17.2 Å².